The standard InChI is InChI=1S/C62H44B2N4Se3/c1-61(2,3)59-57-58(60(71-59)62(4,5)6)68-44-26-28-50-56-52(44)64(40-30-34-16-8-10-18-36(34)32-46(40)66(56)42-20-12-14-22-48(42)70-50)38-24-23-37-53(54(38)68)67(57)43-25-27-49-55-51(43)63(37)39-29-33-15-7-9-17-35(33)31-45(39)65(55)41-19-11-13-21-47(41)69-49/h7-32H,1-6H3. The Kier molecular flexibility index (Phi) is 7.68. The predicted octanol–water partition coefficient (Wildman–Crippen LogP) is 8.06. The summed E-state index contributed by atoms with van der Waals surface area (Å²) < 4.78 is 9.03. The molecule has 0 aliphatic carbocycles. The Hall–Kier alpha value is -6.13. The average molecular weight is 1100 g/mol. The second-order valence-corrected chi connectivity index (χ2v) is 29.1. The van der Waals surface area contributed by atoms with Crippen LogP contribution in [0.3, 0.4) is 0 Å². The topological polar surface area (TPSA) is 13.0 Å². The van der Waals surface area contributed by atoms with Crippen LogP contribution in [-0.4, -0.2) is 57.8 Å². The SMILES string of the molecule is CC(C)(C)c1[se]c(C(C)(C)C)c2c1N1c3ccc4c5c3B(c3cc6ccccc6cc3N5c3ccccc3[Se]4)c3ccc4c(c31)N2c1ccc2c3c1B4c1cc4ccccc4cc1N3c1ccccc1[Se]2. The van der Waals surface area contributed by atoms with Gasteiger partial charge in [0.2, 0.25) is 0 Å². The minimum atomic E-state index is -0.0593. The molecule has 8 heterocycles. The van der Waals surface area contributed by atoms with Crippen LogP contribution in [0.15, 0.2) is 158 Å². The maximum absolute atomic E-state index is 2.85. The van der Waals surface area contributed by atoms with Gasteiger partial charge in [-0.3, -0.25) is 0 Å². The van der Waals surface area contributed by atoms with Crippen molar-refractivity contribution in [3.63, 3.8) is 0 Å². The Balaban J connectivity index is 1.04. The van der Waals surface area contributed by atoms with Crippen molar-refractivity contribution in [3.05, 3.63) is 167 Å². The van der Waals surface area contributed by atoms with Gasteiger partial charge in [-0.2, -0.15) is 0 Å². The molecular weight excluding hydrogens is 1060 g/mol. The van der Waals surface area contributed by atoms with E-state index in [1.54, 1.807) is 8.87 Å². The summed E-state index contributed by atoms with van der Waals surface area (Å²) in [6, 6.07) is 62.0. The van der Waals surface area contributed by atoms with E-state index in [0.717, 1.165) is 0 Å². The zero-order valence-electron chi connectivity index (χ0n) is 40.2. The van der Waals surface area contributed by atoms with Crippen LogP contribution in [0.4, 0.5) is 68.2 Å². The van der Waals surface area contributed by atoms with Crippen molar-refractivity contribution in [2.45, 2.75) is 52.4 Å². The van der Waals surface area contributed by atoms with Crippen molar-refractivity contribution < 1.29 is 0 Å². The maximum atomic E-state index is 2.85. The summed E-state index contributed by atoms with van der Waals surface area (Å²) >= 11 is 0.450. The van der Waals surface area contributed by atoms with E-state index in [1.165, 1.54) is 140 Å². The Morgan fingerprint density at radius 1 is 0.324 bits per heavy atom. The molecule has 1 aromatic heterocycles. The van der Waals surface area contributed by atoms with Crippen LogP contribution in [0.5, 0.6) is 0 Å². The fourth-order valence-corrected chi connectivity index (χ4v) is 21.0. The molecule has 0 fully saturated rings. The average Bonchev–Trinajstić information content (AvgIpc) is 3.81. The van der Waals surface area contributed by atoms with Crippen molar-refractivity contribution in [3.8, 4) is 0 Å². The fraction of sp³-hybridized carbons (Fsp3) is 0.129. The van der Waals surface area contributed by atoms with Crippen LogP contribution in [0, 0.1) is 0 Å². The van der Waals surface area contributed by atoms with Gasteiger partial charge in [-0.25, -0.2) is 0 Å². The van der Waals surface area contributed by atoms with E-state index < -0.39 is 0 Å². The van der Waals surface area contributed by atoms with Crippen molar-refractivity contribution in [2.24, 2.45) is 0 Å². The first-order chi connectivity index (χ1) is 34.5. The van der Waals surface area contributed by atoms with E-state index in [1.807, 2.05) is 0 Å². The molecule has 4 nitrogen and oxygen atoms in total. The Labute approximate surface area is 433 Å². The van der Waals surface area contributed by atoms with Crippen LogP contribution in [-0.2, 0) is 10.8 Å². The van der Waals surface area contributed by atoms with E-state index in [-0.39, 0.29) is 68.7 Å². The van der Waals surface area contributed by atoms with Crippen LogP contribution in [0.25, 0.3) is 21.5 Å². The molecule has 71 heavy (non-hydrogen) atoms. The molecule has 7 aliphatic heterocycles. The third kappa shape index (κ3) is 5.01. The van der Waals surface area contributed by atoms with Crippen molar-refractivity contribution >= 4 is 198 Å². The van der Waals surface area contributed by atoms with Gasteiger partial charge in [0.05, 0.1) is 0 Å². The third-order valence-corrected chi connectivity index (χ3v) is 25.2. The number of para-hydroxylation sites is 2. The van der Waals surface area contributed by atoms with Crippen LogP contribution >= 0.6 is 0 Å². The quantitative estimate of drug-likeness (QED) is 0.143. The molecule has 336 valence electrons. The molecule has 17 rings (SSSR count). The summed E-state index contributed by atoms with van der Waals surface area (Å²) in [5.74, 6) is 0. The monoisotopic (exact) mass is 1110 g/mol. The molecular formula is C62H44B2N4Se3. The first-order valence-electron chi connectivity index (χ1n) is 25.0. The molecule has 0 unspecified atom stereocenters. The number of nitrogens with zero attached hydrogens (tertiary/aromatic N) is 4. The summed E-state index contributed by atoms with van der Waals surface area (Å²) in [4.78, 5) is 11.1. The minimum absolute atomic E-state index is 0.0516. The third-order valence-electron chi connectivity index (χ3n) is 16.3. The molecule has 0 atom stereocenters. The molecule has 0 amide bonds. The Morgan fingerprint density at radius 3 is 1.14 bits per heavy atom. The van der Waals surface area contributed by atoms with Gasteiger partial charge in [0.1, 0.15) is 0 Å². The summed E-state index contributed by atoms with van der Waals surface area (Å²) in [5.41, 5.74) is 24.9. The number of rotatable bonds is 0. The van der Waals surface area contributed by atoms with Crippen LogP contribution in [0.2, 0.25) is 0 Å². The van der Waals surface area contributed by atoms with Crippen LogP contribution < -0.4 is 70.2 Å². The van der Waals surface area contributed by atoms with Crippen LogP contribution in [0.1, 0.15) is 50.4 Å². The zero-order chi connectivity index (χ0) is 47.1. The predicted molar refractivity (Wildman–Crippen MR) is 307 cm³/mol. The summed E-state index contributed by atoms with van der Waals surface area (Å²) in [6.45, 7) is 15.0. The summed E-state index contributed by atoms with van der Waals surface area (Å²) in [5, 5.41) is 5.17. The number of hydrogen-bond acceptors (Lipinski definition) is 4. The second kappa shape index (κ2) is 13.5. The van der Waals surface area contributed by atoms with Crippen molar-refractivity contribution in [1.82, 2.24) is 0 Å². The van der Waals surface area contributed by atoms with E-state index >= 15 is 0 Å². The molecule has 0 saturated carbocycles. The zero-order valence-corrected chi connectivity index (χ0v) is 45.3. The molecule has 0 N–H and O–H groups in total. The van der Waals surface area contributed by atoms with Crippen molar-refractivity contribution in [2.75, 3.05) is 19.6 Å². The summed E-state index contributed by atoms with van der Waals surface area (Å²) in [6.07, 6.45) is 0. The molecule has 10 aromatic rings. The molecule has 0 radical (unpaired) electrons. The number of fused-ring (bicyclic) bond motifs is 19. The van der Waals surface area contributed by atoms with Gasteiger partial charge < -0.3 is 0 Å². The number of hydrogen-bond donors (Lipinski definition) is 0. The van der Waals surface area contributed by atoms with E-state index in [0.29, 0.717) is 0 Å². The molecule has 0 spiro atoms. The molecule has 0 bridgehead atoms. The Morgan fingerprint density at radius 2 is 0.718 bits per heavy atom. The normalized spacial score (nSPS) is 15.5. The van der Waals surface area contributed by atoms with Gasteiger partial charge >= 0.3 is 437 Å². The fourth-order valence-electron chi connectivity index (χ4n) is 13.6. The molecule has 7 aliphatic rings. The van der Waals surface area contributed by atoms with Gasteiger partial charge in [0.15, 0.2) is 0 Å². The van der Waals surface area contributed by atoms with Gasteiger partial charge in [-0.05, 0) is 0 Å². The van der Waals surface area contributed by atoms with Crippen molar-refractivity contribution in [1.29, 1.82) is 0 Å². The first kappa shape index (κ1) is 40.5. The van der Waals surface area contributed by atoms with Gasteiger partial charge in [-0.15, -0.1) is 0 Å². The van der Waals surface area contributed by atoms with E-state index in [4.69, 9.17) is 0 Å². The van der Waals surface area contributed by atoms with E-state index in [9.17, 15) is 0 Å². The van der Waals surface area contributed by atoms with E-state index in [2.05, 4.69) is 219 Å². The van der Waals surface area contributed by atoms with Gasteiger partial charge in [0, 0.05) is 0 Å². The number of anilines is 12. The molecule has 9 heteroatoms. The Bertz CT molecular complexity index is 3900. The van der Waals surface area contributed by atoms with Gasteiger partial charge in [0.25, 0.3) is 0 Å². The number of benzene rings is 9. The first-order valence-corrected chi connectivity index (χ1v) is 30.1. The summed E-state index contributed by atoms with van der Waals surface area (Å²) in [7, 11) is 0. The van der Waals surface area contributed by atoms with Gasteiger partial charge in [-0.1, -0.05) is 0 Å². The molecule has 9 aromatic carbocycles. The molecule has 0 saturated heterocycles. The second-order valence-electron chi connectivity index (χ2n) is 22.5.